The number of carbonyl (C=O) groups is 2. The molecule has 3 aromatic rings. The van der Waals surface area contributed by atoms with Gasteiger partial charge in [-0.05, 0) is 29.8 Å². The van der Waals surface area contributed by atoms with Crippen LogP contribution in [0.25, 0.3) is 0 Å². The molecule has 0 saturated carbocycles. The van der Waals surface area contributed by atoms with Gasteiger partial charge in [-0.25, -0.2) is 9.78 Å². The van der Waals surface area contributed by atoms with Gasteiger partial charge < -0.3 is 15.2 Å². The molecular weight excluding hydrogens is 374 g/mol. The van der Waals surface area contributed by atoms with E-state index < -0.39 is 5.97 Å². The molecule has 0 unspecified atom stereocenters. The number of rotatable bonds is 7. The van der Waals surface area contributed by atoms with Crippen LogP contribution in [-0.4, -0.2) is 29.0 Å². The van der Waals surface area contributed by atoms with E-state index in [1.807, 2.05) is 30.3 Å². The zero-order valence-electron chi connectivity index (χ0n) is 15.6. The van der Waals surface area contributed by atoms with Gasteiger partial charge in [0, 0.05) is 0 Å². The number of benzene rings is 2. The Morgan fingerprint density at radius 1 is 1.03 bits per heavy atom. The van der Waals surface area contributed by atoms with Crippen LogP contribution in [0.2, 0.25) is 0 Å². The molecule has 0 bridgehead atoms. The maximum Gasteiger partial charge on any atom is 0.337 e. The molecule has 2 aromatic carbocycles. The first-order valence-electron chi connectivity index (χ1n) is 8.62. The van der Waals surface area contributed by atoms with Crippen molar-refractivity contribution in [3.63, 3.8) is 0 Å². The first kappa shape index (κ1) is 19.6. The van der Waals surface area contributed by atoms with Crippen molar-refractivity contribution in [1.82, 2.24) is 15.4 Å². The number of ether oxygens (including phenoxy) is 2. The van der Waals surface area contributed by atoms with E-state index in [2.05, 4.69) is 25.6 Å². The minimum atomic E-state index is -0.448. The third-order valence-electron chi connectivity index (χ3n) is 3.87. The van der Waals surface area contributed by atoms with E-state index in [9.17, 15) is 9.59 Å². The van der Waals surface area contributed by atoms with Crippen LogP contribution >= 0.6 is 0 Å². The van der Waals surface area contributed by atoms with Crippen LogP contribution in [0.5, 0.6) is 11.6 Å². The van der Waals surface area contributed by atoms with Gasteiger partial charge in [-0.15, -0.1) is 0 Å². The fourth-order valence-corrected chi connectivity index (χ4v) is 2.40. The van der Waals surface area contributed by atoms with Crippen LogP contribution in [0.3, 0.4) is 0 Å². The number of hydrogen-bond acceptors (Lipinski definition) is 8. The van der Waals surface area contributed by atoms with Gasteiger partial charge in [-0.2, -0.15) is 4.98 Å². The highest BCUT2D eigenvalue weighted by molar-refractivity contribution is 5.89. The number of esters is 1. The summed E-state index contributed by atoms with van der Waals surface area (Å²) >= 11 is 0. The molecule has 0 aliphatic heterocycles. The predicted octanol–water partition coefficient (Wildman–Crippen LogP) is 2.32. The quantitative estimate of drug-likeness (QED) is 0.412. The summed E-state index contributed by atoms with van der Waals surface area (Å²) in [4.78, 5) is 31.5. The number of aromatic nitrogens is 2. The fraction of sp³-hybridized carbons (Fsp3) is 0.100. The molecule has 9 heteroatoms. The summed E-state index contributed by atoms with van der Waals surface area (Å²) < 4.78 is 10.3. The normalized spacial score (nSPS) is 10.1. The van der Waals surface area contributed by atoms with E-state index in [-0.39, 0.29) is 29.7 Å². The molecule has 0 atom stereocenters. The molecule has 0 fully saturated rings. The standard InChI is InChI=1S/C20H19N5O4/c1-28-20(27)14-7-9-15(10-8-14)29-19-17(21)18(22-12-23-19)25-24-16(26)11-13-5-3-2-4-6-13/h2-10,12H,11,21H2,1H3,(H,24,26)(H,22,23,25). The molecular formula is C20H19N5O4. The number of nitrogens with zero attached hydrogens (tertiary/aromatic N) is 2. The Balaban J connectivity index is 1.63. The van der Waals surface area contributed by atoms with Gasteiger partial charge in [0.05, 0.1) is 19.1 Å². The number of hydrazine groups is 1. The van der Waals surface area contributed by atoms with Gasteiger partial charge in [-0.3, -0.25) is 15.6 Å². The van der Waals surface area contributed by atoms with Crippen molar-refractivity contribution in [3.05, 3.63) is 72.1 Å². The van der Waals surface area contributed by atoms with Crippen molar-refractivity contribution >= 4 is 23.4 Å². The topological polar surface area (TPSA) is 128 Å². The molecule has 3 rings (SSSR count). The third-order valence-corrected chi connectivity index (χ3v) is 3.87. The summed E-state index contributed by atoms with van der Waals surface area (Å²) in [6.07, 6.45) is 1.45. The van der Waals surface area contributed by atoms with E-state index in [4.69, 9.17) is 10.5 Å². The molecule has 1 heterocycles. The van der Waals surface area contributed by atoms with Gasteiger partial charge >= 0.3 is 5.97 Å². The molecule has 29 heavy (non-hydrogen) atoms. The average Bonchev–Trinajstić information content (AvgIpc) is 2.75. The van der Waals surface area contributed by atoms with Crippen LogP contribution in [0.15, 0.2) is 60.9 Å². The summed E-state index contributed by atoms with van der Waals surface area (Å²) in [5, 5.41) is 0. The van der Waals surface area contributed by atoms with Gasteiger partial charge in [0.2, 0.25) is 11.8 Å². The van der Waals surface area contributed by atoms with Gasteiger partial charge in [0.15, 0.2) is 5.82 Å². The lowest BCUT2D eigenvalue weighted by atomic mass is 10.1. The lowest BCUT2D eigenvalue weighted by Crippen LogP contribution is -2.31. The molecule has 0 aliphatic carbocycles. The predicted molar refractivity (Wildman–Crippen MR) is 106 cm³/mol. The van der Waals surface area contributed by atoms with Crippen LogP contribution in [-0.2, 0) is 16.0 Å². The Kier molecular flexibility index (Phi) is 6.21. The van der Waals surface area contributed by atoms with Crippen LogP contribution in [0.1, 0.15) is 15.9 Å². The van der Waals surface area contributed by atoms with Crippen LogP contribution in [0.4, 0.5) is 11.5 Å². The summed E-state index contributed by atoms with van der Waals surface area (Å²) in [6, 6.07) is 15.6. The van der Waals surface area contributed by atoms with Crippen molar-refractivity contribution < 1.29 is 19.1 Å². The van der Waals surface area contributed by atoms with Crippen molar-refractivity contribution in [3.8, 4) is 11.6 Å². The minimum Gasteiger partial charge on any atom is -0.465 e. The van der Waals surface area contributed by atoms with Gasteiger partial charge in [0.25, 0.3) is 0 Å². The van der Waals surface area contributed by atoms with Crippen molar-refractivity contribution in [2.45, 2.75) is 6.42 Å². The summed E-state index contributed by atoms with van der Waals surface area (Å²) in [5.41, 5.74) is 12.6. The average molecular weight is 393 g/mol. The van der Waals surface area contributed by atoms with E-state index in [1.54, 1.807) is 24.3 Å². The maximum atomic E-state index is 12.1. The highest BCUT2D eigenvalue weighted by Crippen LogP contribution is 2.29. The minimum absolute atomic E-state index is 0.102. The first-order valence-corrected chi connectivity index (χ1v) is 8.62. The number of carbonyl (C=O) groups excluding carboxylic acids is 2. The number of nitrogens with two attached hydrogens (primary N) is 1. The Morgan fingerprint density at radius 2 is 1.76 bits per heavy atom. The molecule has 1 aromatic heterocycles. The fourth-order valence-electron chi connectivity index (χ4n) is 2.40. The Labute approximate surface area is 166 Å². The number of hydrogen-bond donors (Lipinski definition) is 3. The monoisotopic (exact) mass is 393 g/mol. The third kappa shape index (κ3) is 5.19. The van der Waals surface area contributed by atoms with Gasteiger partial charge in [0.1, 0.15) is 17.8 Å². The Bertz CT molecular complexity index is 994. The van der Waals surface area contributed by atoms with E-state index in [0.29, 0.717) is 11.3 Å². The zero-order chi connectivity index (χ0) is 20.6. The second-order valence-electron chi connectivity index (χ2n) is 5.89. The van der Waals surface area contributed by atoms with E-state index >= 15 is 0 Å². The number of nitrogen functional groups attached to an aromatic ring is 1. The van der Waals surface area contributed by atoms with E-state index in [1.165, 1.54) is 13.4 Å². The number of anilines is 2. The Hall–Kier alpha value is -4.14. The summed E-state index contributed by atoms with van der Waals surface area (Å²) in [6.45, 7) is 0. The SMILES string of the molecule is COC(=O)c1ccc(Oc2ncnc(NNC(=O)Cc3ccccc3)c2N)cc1. The number of amides is 1. The number of nitrogens with one attached hydrogen (secondary N) is 2. The molecule has 0 radical (unpaired) electrons. The molecule has 1 amide bonds. The summed E-state index contributed by atoms with van der Waals surface area (Å²) in [7, 11) is 1.31. The maximum absolute atomic E-state index is 12.1. The lowest BCUT2D eigenvalue weighted by Gasteiger charge is -2.12. The second-order valence-corrected chi connectivity index (χ2v) is 5.89. The van der Waals surface area contributed by atoms with Crippen molar-refractivity contribution in [2.24, 2.45) is 0 Å². The highest BCUT2D eigenvalue weighted by Gasteiger charge is 2.12. The van der Waals surface area contributed by atoms with Gasteiger partial charge in [-0.1, -0.05) is 30.3 Å². The van der Waals surface area contributed by atoms with Crippen LogP contribution in [0, 0.1) is 0 Å². The second kappa shape index (κ2) is 9.18. The number of methoxy groups -OCH3 is 1. The Morgan fingerprint density at radius 3 is 2.45 bits per heavy atom. The van der Waals surface area contributed by atoms with Crippen molar-refractivity contribution in [2.75, 3.05) is 18.3 Å². The largest absolute Gasteiger partial charge is 0.465 e. The van der Waals surface area contributed by atoms with Crippen LogP contribution < -0.4 is 21.3 Å². The first-order chi connectivity index (χ1) is 14.1. The molecule has 0 saturated heterocycles. The smallest absolute Gasteiger partial charge is 0.337 e. The molecule has 148 valence electrons. The molecule has 9 nitrogen and oxygen atoms in total. The van der Waals surface area contributed by atoms with E-state index in [0.717, 1.165) is 5.56 Å². The molecule has 0 spiro atoms. The molecule has 4 N–H and O–H groups in total. The molecule has 0 aliphatic rings. The summed E-state index contributed by atoms with van der Waals surface area (Å²) in [5.74, 6) is 0.0150. The highest BCUT2D eigenvalue weighted by atomic mass is 16.5. The lowest BCUT2D eigenvalue weighted by molar-refractivity contribution is -0.119. The zero-order valence-corrected chi connectivity index (χ0v) is 15.6. The van der Waals surface area contributed by atoms with Crippen molar-refractivity contribution in [1.29, 1.82) is 0 Å².